The van der Waals surface area contributed by atoms with Gasteiger partial charge in [0.2, 0.25) is 0 Å². The van der Waals surface area contributed by atoms with E-state index in [4.69, 9.17) is 4.42 Å². The number of hydrogen-bond donors (Lipinski definition) is 0. The van der Waals surface area contributed by atoms with Crippen LogP contribution in [0.15, 0.2) is 53.4 Å². The van der Waals surface area contributed by atoms with Crippen molar-refractivity contribution < 1.29 is 14.1 Å². The van der Waals surface area contributed by atoms with E-state index in [9.17, 15) is 14.9 Å². The molecule has 0 unspecified atom stereocenters. The maximum atomic E-state index is 12.5. The van der Waals surface area contributed by atoms with Crippen molar-refractivity contribution >= 4 is 39.2 Å². The SMILES string of the molecule is O=C(c1ccco1)N1CCN(c2ncnc3c(-c4ccc([N+](=O)[O-])cc4)nsc23)CC1. The van der Waals surface area contributed by atoms with Crippen molar-refractivity contribution in [2.45, 2.75) is 0 Å². The molecule has 10 nitrogen and oxygen atoms in total. The fourth-order valence-electron chi connectivity index (χ4n) is 3.58. The van der Waals surface area contributed by atoms with Gasteiger partial charge in [0.1, 0.15) is 22.2 Å². The predicted octanol–water partition coefficient (Wildman–Crippen LogP) is 3.22. The zero-order valence-electron chi connectivity index (χ0n) is 16.2. The number of nitro benzene ring substituents is 1. The predicted molar refractivity (Wildman–Crippen MR) is 114 cm³/mol. The molecule has 0 radical (unpaired) electrons. The average molecular weight is 436 g/mol. The van der Waals surface area contributed by atoms with Crippen LogP contribution in [0.1, 0.15) is 10.6 Å². The van der Waals surface area contributed by atoms with E-state index in [1.54, 1.807) is 29.2 Å². The first-order chi connectivity index (χ1) is 15.1. The van der Waals surface area contributed by atoms with E-state index < -0.39 is 4.92 Å². The van der Waals surface area contributed by atoms with Crippen LogP contribution in [0, 0.1) is 10.1 Å². The Morgan fingerprint density at radius 1 is 1.10 bits per heavy atom. The molecule has 4 heterocycles. The second kappa shape index (κ2) is 7.76. The van der Waals surface area contributed by atoms with Gasteiger partial charge < -0.3 is 14.2 Å². The molecule has 1 fully saturated rings. The first-order valence-electron chi connectivity index (χ1n) is 9.55. The molecule has 1 aliphatic rings. The number of fused-ring (bicyclic) bond motifs is 1. The van der Waals surface area contributed by atoms with Gasteiger partial charge in [0.05, 0.1) is 11.2 Å². The Kier molecular flexibility index (Phi) is 4.79. The molecule has 0 N–H and O–H groups in total. The Morgan fingerprint density at radius 3 is 2.55 bits per heavy atom. The smallest absolute Gasteiger partial charge is 0.289 e. The Morgan fingerprint density at radius 2 is 1.87 bits per heavy atom. The Hall–Kier alpha value is -3.86. The number of furan rings is 1. The maximum Gasteiger partial charge on any atom is 0.289 e. The molecule has 0 aliphatic carbocycles. The Bertz CT molecular complexity index is 1250. The number of anilines is 1. The minimum atomic E-state index is -0.431. The molecular weight excluding hydrogens is 420 g/mol. The third-order valence-electron chi connectivity index (χ3n) is 5.19. The minimum absolute atomic E-state index is 0.0283. The normalized spacial score (nSPS) is 14.2. The number of aromatic nitrogens is 3. The molecule has 156 valence electrons. The van der Waals surface area contributed by atoms with Gasteiger partial charge >= 0.3 is 0 Å². The number of nitro groups is 1. The van der Waals surface area contributed by atoms with Crippen LogP contribution in [-0.2, 0) is 0 Å². The molecule has 0 bridgehead atoms. The van der Waals surface area contributed by atoms with Gasteiger partial charge in [-0.3, -0.25) is 14.9 Å². The van der Waals surface area contributed by atoms with Crippen LogP contribution in [0.4, 0.5) is 11.5 Å². The minimum Gasteiger partial charge on any atom is -0.459 e. The van der Waals surface area contributed by atoms with E-state index in [1.165, 1.54) is 36.3 Å². The quantitative estimate of drug-likeness (QED) is 0.353. The molecule has 0 saturated carbocycles. The fourth-order valence-corrected chi connectivity index (χ4v) is 4.46. The van der Waals surface area contributed by atoms with Gasteiger partial charge in [0, 0.05) is 43.9 Å². The highest BCUT2D eigenvalue weighted by Gasteiger charge is 2.26. The number of nitrogens with zero attached hydrogens (tertiary/aromatic N) is 6. The lowest BCUT2D eigenvalue weighted by Gasteiger charge is -2.35. The van der Waals surface area contributed by atoms with Crippen molar-refractivity contribution in [1.82, 2.24) is 19.2 Å². The summed E-state index contributed by atoms with van der Waals surface area (Å²) >= 11 is 1.30. The molecule has 1 amide bonds. The lowest BCUT2D eigenvalue weighted by molar-refractivity contribution is -0.384. The van der Waals surface area contributed by atoms with Crippen molar-refractivity contribution in [2.24, 2.45) is 0 Å². The lowest BCUT2D eigenvalue weighted by Crippen LogP contribution is -2.49. The topological polar surface area (TPSA) is 119 Å². The van der Waals surface area contributed by atoms with Gasteiger partial charge in [-0.05, 0) is 35.8 Å². The fraction of sp³-hybridized carbons (Fsp3) is 0.200. The van der Waals surface area contributed by atoms with Crippen molar-refractivity contribution in [2.75, 3.05) is 31.1 Å². The lowest BCUT2D eigenvalue weighted by atomic mass is 10.1. The largest absolute Gasteiger partial charge is 0.459 e. The first kappa shape index (κ1) is 19.1. The summed E-state index contributed by atoms with van der Waals surface area (Å²) in [5.41, 5.74) is 2.17. The first-order valence-corrected chi connectivity index (χ1v) is 10.3. The maximum absolute atomic E-state index is 12.5. The van der Waals surface area contributed by atoms with Crippen LogP contribution in [0.2, 0.25) is 0 Å². The Balaban J connectivity index is 1.38. The summed E-state index contributed by atoms with van der Waals surface area (Å²) in [6, 6.07) is 9.63. The van der Waals surface area contributed by atoms with Gasteiger partial charge in [-0.25, -0.2) is 9.97 Å². The number of piperazine rings is 1. The third kappa shape index (κ3) is 3.48. The molecule has 31 heavy (non-hydrogen) atoms. The van der Waals surface area contributed by atoms with Gasteiger partial charge in [0.25, 0.3) is 11.6 Å². The van der Waals surface area contributed by atoms with E-state index in [0.29, 0.717) is 43.1 Å². The van der Waals surface area contributed by atoms with Gasteiger partial charge in [-0.15, -0.1) is 0 Å². The molecule has 1 aromatic carbocycles. The second-order valence-corrected chi connectivity index (χ2v) is 7.74. The summed E-state index contributed by atoms with van der Waals surface area (Å²) in [6.45, 7) is 2.37. The van der Waals surface area contributed by atoms with Crippen LogP contribution in [0.5, 0.6) is 0 Å². The van der Waals surface area contributed by atoms with E-state index in [0.717, 1.165) is 16.1 Å². The zero-order chi connectivity index (χ0) is 21.4. The molecule has 11 heteroatoms. The number of carbonyl (C=O) groups is 1. The molecule has 3 aromatic heterocycles. The third-order valence-corrected chi connectivity index (χ3v) is 6.02. The number of non-ortho nitro benzene ring substituents is 1. The van der Waals surface area contributed by atoms with Crippen LogP contribution in [0.25, 0.3) is 21.5 Å². The number of benzene rings is 1. The van der Waals surface area contributed by atoms with Crippen LogP contribution in [-0.4, -0.2) is 56.3 Å². The highest BCUT2D eigenvalue weighted by Crippen LogP contribution is 2.35. The molecule has 5 rings (SSSR count). The summed E-state index contributed by atoms with van der Waals surface area (Å²) < 4.78 is 10.6. The van der Waals surface area contributed by atoms with Crippen LogP contribution >= 0.6 is 11.5 Å². The zero-order valence-corrected chi connectivity index (χ0v) is 17.0. The van der Waals surface area contributed by atoms with Gasteiger partial charge in [0.15, 0.2) is 11.6 Å². The number of amides is 1. The molecular formula is C20H16N6O4S. The molecule has 4 aromatic rings. The van der Waals surface area contributed by atoms with Crippen LogP contribution in [0.3, 0.4) is 0 Å². The number of carbonyl (C=O) groups excluding carboxylic acids is 1. The average Bonchev–Trinajstić information content (AvgIpc) is 3.49. The number of rotatable bonds is 4. The number of hydrogen-bond acceptors (Lipinski definition) is 9. The summed E-state index contributed by atoms with van der Waals surface area (Å²) in [5.74, 6) is 1.00. The summed E-state index contributed by atoms with van der Waals surface area (Å²) in [6.07, 6.45) is 2.99. The van der Waals surface area contributed by atoms with E-state index in [2.05, 4.69) is 19.2 Å². The highest BCUT2D eigenvalue weighted by molar-refractivity contribution is 7.14. The van der Waals surface area contributed by atoms with Crippen LogP contribution < -0.4 is 4.90 Å². The van der Waals surface area contributed by atoms with Crippen molar-refractivity contribution in [3.8, 4) is 11.3 Å². The van der Waals surface area contributed by atoms with Crippen molar-refractivity contribution in [3.05, 3.63) is 64.9 Å². The van der Waals surface area contributed by atoms with Gasteiger partial charge in [-0.1, -0.05) is 0 Å². The van der Waals surface area contributed by atoms with E-state index in [1.807, 2.05) is 0 Å². The van der Waals surface area contributed by atoms with Gasteiger partial charge in [-0.2, -0.15) is 4.37 Å². The van der Waals surface area contributed by atoms with E-state index >= 15 is 0 Å². The molecule has 0 atom stereocenters. The standard InChI is InChI=1S/C20H16N6O4S/c27-20(15-2-1-11-30-15)25-9-7-24(8-10-25)19-18-17(21-12-22-19)16(23-31-18)13-3-5-14(6-4-13)26(28)29/h1-6,11-12H,7-10H2. The monoisotopic (exact) mass is 436 g/mol. The summed E-state index contributed by atoms with van der Waals surface area (Å²) in [7, 11) is 0. The second-order valence-electron chi connectivity index (χ2n) is 6.97. The van der Waals surface area contributed by atoms with Crippen molar-refractivity contribution in [1.29, 1.82) is 0 Å². The van der Waals surface area contributed by atoms with E-state index in [-0.39, 0.29) is 11.6 Å². The molecule has 1 saturated heterocycles. The molecule has 0 spiro atoms. The van der Waals surface area contributed by atoms with Crippen molar-refractivity contribution in [3.63, 3.8) is 0 Å². The summed E-state index contributed by atoms with van der Waals surface area (Å²) in [5, 5.41) is 10.9. The highest BCUT2D eigenvalue weighted by atomic mass is 32.1. The molecule has 1 aliphatic heterocycles. The Labute approximate surface area is 180 Å². The summed E-state index contributed by atoms with van der Waals surface area (Å²) in [4.78, 5) is 35.7.